The fourth-order valence-corrected chi connectivity index (χ4v) is 0.700. The Labute approximate surface area is 70.2 Å². The minimum atomic E-state index is -3.02. The summed E-state index contributed by atoms with van der Waals surface area (Å²) < 4.78 is 36.4. The Morgan fingerprint density at radius 3 is 2.46 bits per heavy atom. The van der Waals surface area contributed by atoms with E-state index in [1.54, 1.807) is 0 Å². The van der Waals surface area contributed by atoms with Crippen molar-refractivity contribution in [2.75, 3.05) is 0 Å². The first-order valence-corrected chi connectivity index (χ1v) is 3.11. The van der Waals surface area contributed by atoms with E-state index >= 15 is 0 Å². The van der Waals surface area contributed by atoms with Gasteiger partial charge in [0.05, 0.1) is 5.56 Å². The summed E-state index contributed by atoms with van der Waals surface area (Å²) in [5.41, 5.74) is -0.939. The van der Waals surface area contributed by atoms with Gasteiger partial charge in [0.15, 0.2) is 0 Å². The van der Waals surface area contributed by atoms with Gasteiger partial charge >= 0.3 is 11.8 Å². The Bertz CT molecular complexity index is 343. The van der Waals surface area contributed by atoms with E-state index in [2.05, 4.69) is 4.98 Å². The molecule has 70 valence electrons. The molecule has 1 heterocycles. The number of hydrogen-bond acceptors (Lipinski definition) is 3. The third kappa shape index (κ3) is 1.92. The lowest BCUT2D eigenvalue weighted by Crippen LogP contribution is -1.98. The van der Waals surface area contributed by atoms with E-state index in [0.29, 0.717) is 6.07 Å². The molecule has 0 aliphatic rings. The van der Waals surface area contributed by atoms with Gasteiger partial charge in [-0.25, -0.2) is 8.78 Å². The smallest absolute Gasteiger partial charge is 0.358 e. The number of alkyl halides is 2. The summed E-state index contributed by atoms with van der Waals surface area (Å²) in [5.74, 6) is -2.30. The Morgan fingerprint density at radius 2 is 2.08 bits per heavy atom. The number of pyridine rings is 1. The van der Waals surface area contributed by atoms with Gasteiger partial charge < -0.3 is 10.1 Å². The molecule has 0 amide bonds. The number of nitro groups is 1. The van der Waals surface area contributed by atoms with Crippen molar-refractivity contribution in [1.29, 1.82) is 0 Å². The fourth-order valence-electron chi connectivity index (χ4n) is 0.700. The van der Waals surface area contributed by atoms with E-state index in [0.717, 1.165) is 6.07 Å². The standard InChI is InChI=1S/C6H3F3N2O2/c7-5(8)3-1-2-4(11(12)13)10-6(3)9/h1-2,5H. The number of halogens is 3. The molecule has 4 nitrogen and oxygen atoms in total. The van der Waals surface area contributed by atoms with E-state index < -0.39 is 28.7 Å². The van der Waals surface area contributed by atoms with Crippen molar-refractivity contribution >= 4 is 5.82 Å². The molecule has 0 spiro atoms. The minimum absolute atomic E-state index is 0.644. The van der Waals surface area contributed by atoms with E-state index in [4.69, 9.17) is 0 Å². The Kier molecular flexibility index (Phi) is 2.45. The molecule has 0 bridgehead atoms. The van der Waals surface area contributed by atoms with Crippen LogP contribution in [0, 0.1) is 16.1 Å². The Hall–Kier alpha value is -1.66. The third-order valence-corrected chi connectivity index (χ3v) is 1.29. The van der Waals surface area contributed by atoms with Gasteiger partial charge in [-0.1, -0.05) is 0 Å². The molecule has 0 atom stereocenters. The molecule has 0 saturated heterocycles. The summed E-state index contributed by atoms with van der Waals surface area (Å²) in [6, 6.07) is 1.37. The summed E-state index contributed by atoms with van der Waals surface area (Å²) in [7, 11) is 0. The number of rotatable bonds is 2. The van der Waals surface area contributed by atoms with Gasteiger partial charge in [0.25, 0.3) is 6.43 Å². The minimum Gasteiger partial charge on any atom is -0.358 e. The zero-order valence-electron chi connectivity index (χ0n) is 6.08. The van der Waals surface area contributed by atoms with Crippen LogP contribution in [0.25, 0.3) is 0 Å². The molecule has 1 aromatic heterocycles. The van der Waals surface area contributed by atoms with Gasteiger partial charge in [-0.3, -0.25) is 0 Å². The Morgan fingerprint density at radius 1 is 1.46 bits per heavy atom. The van der Waals surface area contributed by atoms with Crippen LogP contribution < -0.4 is 0 Å². The van der Waals surface area contributed by atoms with Gasteiger partial charge in [0.1, 0.15) is 0 Å². The lowest BCUT2D eigenvalue weighted by Gasteiger charge is -1.96. The normalized spacial score (nSPS) is 10.5. The maximum atomic E-state index is 12.6. The van der Waals surface area contributed by atoms with Crippen LogP contribution in [0.5, 0.6) is 0 Å². The first-order chi connectivity index (χ1) is 6.02. The zero-order chi connectivity index (χ0) is 10.0. The summed E-state index contributed by atoms with van der Waals surface area (Å²) >= 11 is 0. The maximum Gasteiger partial charge on any atom is 0.366 e. The summed E-state index contributed by atoms with van der Waals surface area (Å²) in [4.78, 5) is 11.8. The molecule has 7 heteroatoms. The third-order valence-electron chi connectivity index (χ3n) is 1.29. The first kappa shape index (κ1) is 9.43. The largest absolute Gasteiger partial charge is 0.366 e. The second-order valence-electron chi connectivity index (χ2n) is 2.11. The topological polar surface area (TPSA) is 56.0 Å². The lowest BCUT2D eigenvalue weighted by molar-refractivity contribution is -0.389. The molecule has 13 heavy (non-hydrogen) atoms. The molecule has 0 saturated carbocycles. The lowest BCUT2D eigenvalue weighted by atomic mass is 10.3. The van der Waals surface area contributed by atoms with Crippen molar-refractivity contribution in [3.63, 3.8) is 0 Å². The molecule has 0 aliphatic carbocycles. The Balaban J connectivity index is 3.13. The van der Waals surface area contributed by atoms with Gasteiger partial charge in [-0.05, 0) is 16.0 Å². The van der Waals surface area contributed by atoms with E-state index in [-0.39, 0.29) is 0 Å². The predicted octanol–water partition coefficient (Wildman–Crippen LogP) is 2.07. The molecular formula is C6H3F3N2O2. The van der Waals surface area contributed by atoms with Gasteiger partial charge in [-0.15, -0.1) is 0 Å². The van der Waals surface area contributed by atoms with E-state index in [9.17, 15) is 23.3 Å². The average Bonchev–Trinajstić information content (AvgIpc) is 2.03. The highest BCUT2D eigenvalue weighted by Crippen LogP contribution is 2.22. The van der Waals surface area contributed by atoms with Crippen LogP contribution in [-0.4, -0.2) is 9.91 Å². The van der Waals surface area contributed by atoms with Gasteiger partial charge in [-0.2, -0.15) is 4.39 Å². The fraction of sp³-hybridized carbons (Fsp3) is 0.167. The predicted molar refractivity (Wildman–Crippen MR) is 35.8 cm³/mol. The van der Waals surface area contributed by atoms with E-state index in [1.807, 2.05) is 0 Å². The number of aromatic nitrogens is 1. The molecule has 0 radical (unpaired) electrons. The van der Waals surface area contributed by atoms with Gasteiger partial charge in [0, 0.05) is 6.07 Å². The average molecular weight is 192 g/mol. The molecule has 0 unspecified atom stereocenters. The summed E-state index contributed by atoms with van der Waals surface area (Å²) in [6.07, 6.45) is -3.02. The maximum absolute atomic E-state index is 12.6. The zero-order valence-corrected chi connectivity index (χ0v) is 6.08. The van der Waals surface area contributed by atoms with Crippen LogP contribution in [0.15, 0.2) is 12.1 Å². The molecule has 0 aromatic carbocycles. The highest BCUT2D eigenvalue weighted by Gasteiger charge is 2.20. The highest BCUT2D eigenvalue weighted by molar-refractivity contribution is 5.24. The second-order valence-corrected chi connectivity index (χ2v) is 2.11. The van der Waals surface area contributed by atoms with Crippen molar-refractivity contribution < 1.29 is 18.1 Å². The first-order valence-electron chi connectivity index (χ1n) is 3.11. The number of nitrogens with zero attached hydrogens (tertiary/aromatic N) is 2. The van der Waals surface area contributed by atoms with Crippen LogP contribution in [0.3, 0.4) is 0 Å². The monoisotopic (exact) mass is 192 g/mol. The highest BCUT2D eigenvalue weighted by atomic mass is 19.3. The van der Waals surface area contributed by atoms with Crippen LogP contribution in [0.1, 0.15) is 12.0 Å². The number of hydrogen-bond donors (Lipinski definition) is 0. The summed E-state index contributed by atoms with van der Waals surface area (Å²) in [5, 5.41) is 10.0. The molecule has 1 rings (SSSR count). The van der Waals surface area contributed by atoms with Crippen molar-refractivity contribution in [3.8, 4) is 0 Å². The van der Waals surface area contributed by atoms with Crippen molar-refractivity contribution in [1.82, 2.24) is 4.98 Å². The second kappa shape index (κ2) is 3.38. The quantitative estimate of drug-likeness (QED) is 0.409. The van der Waals surface area contributed by atoms with Crippen LogP contribution in [0.2, 0.25) is 0 Å². The van der Waals surface area contributed by atoms with E-state index in [1.165, 1.54) is 0 Å². The SMILES string of the molecule is O=[N+]([O-])c1ccc(C(F)F)c(F)n1. The summed E-state index contributed by atoms with van der Waals surface area (Å²) in [6.45, 7) is 0. The van der Waals surface area contributed by atoms with Crippen LogP contribution in [0.4, 0.5) is 19.0 Å². The van der Waals surface area contributed by atoms with Crippen molar-refractivity contribution in [2.24, 2.45) is 0 Å². The van der Waals surface area contributed by atoms with Crippen molar-refractivity contribution in [2.45, 2.75) is 6.43 Å². The molecule has 0 aliphatic heterocycles. The van der Waals surface area contributed by atoms with Crippen LogP contribution in [-0.2, 0) is 0 Å². The van der Waals surface area contributed by atoms with Crippen LogP contribution >= 0.6 is 0 Å². The molecule has 0 N–H and O–H groups in total. The van der Waals surface area contributed by atoms with Gasteiger partial charge in [0.2, 0.25) is 0 Å². The molecular weight excluding hydrogens is 189 g/mol. The molecule has 1 aromatic rings. The molecule has 0 fully saturated rings. The van der Waals surface area contributed by atoms with Crippen molar-refractivity contribution in [3.05, 3.63) is 33.8 Å².